The van der Waals surface area contributed by atoms with E-state index in [4.69, 9.17) is 11.6 Å². The van der Waals surface area contributed by atoms with E-state index in [1.165, 1.54) is 0 Å². The van der Waals surface area contributed by atoms with E-state index in [9.17, 15) is 9.90 Å². The first-order valence-corrected chi connectivity index (χ1v) is 6.09. The molecule has 0 aliphatic heterocycles. The molecule has 0 amide bonds. The smallest absolute Gasteiger partial charge is 0.141 e. The molecule has 0 heterocycles. The summed E-state index contributed by atoms with van der Waals surface area (Å²) >= 11 is 6.12. The molecule has 0 saturated heterocycles. The Labute approximate surface area is 97.0 Å². The molecule has 2 atom stereocenters. The molecule has 1 saturated carbocycles. The third kappa shape index (κ3) is 3.18. The molecule has 0 spiro atoms. The first-order valence-electron chi connectivity index (χ1n) is 5.65. The lowest BCUT2D eigenvalue weighted by Crippen LogP contribution is -2.45. The average Bonchev–Trinajstić information content (AvgIpc) is 2.09. The number of hydrogen-bond donors (Lipinski definition) is 1. The Balaban J connectivity index is 2.66. The van der Waals surface area contributed by atoms with Gasteiger partial charge in [-0.15, -0.1) is 11.6 Å². The summed E-state index contributed by atoms with van der Waals surface area (Å²) < 4.78 is 0. The molecule has 3 heteroatoms. The highest BCUT2D eigenvalue weighted by molar-refractivity contribution is 6.21. The highest BCUT2D eigenvalue weighted by atomic mass is 35.5. The van der Waals surface area contributed by atoms with Crippen LogP contribution in [-0.4, -0.2) is 21.9 Å². The molecule has 1 aliphatic carbocycles. The lowest BCUT2D eigenvalue weighted by atomic mass is 9.76. The van der Waals surface area contributed by atoms with E-state index in [1.54, 1.807) is 0 Å². The van der Waals surface area contributed by atoms with Crippen LogP contribution in [0.2, 0.25) is 0 Å². The van der Waals surface area contributed by atoms with Crippen LogP contribution in [0.5, 0.6) is 0 Å². The molecule has 2 nitrogen and oxygen atoms in total. The summed E-state index contributed by atoms with van der Waals surface area (Å²) in [5.74, 6) is 0.0950. The Kier molecular flexibility index (Phi) is 3.83. The SMILES string of the molecule is CC(C)(C)C(=O)C[C@@]1(O)CCCC[C@H]1Cl. The van der Waals surface area contributed by atoms with Gasteiger partial charge in [0.15, 0.2) is 0 Å². The third-order valence-corrected chi connectivity index (χ3v) is 3.83. The predicted octanol–water partition coefficient (Wildman–Crippen LogP) is 2.90. The van der Waals surface area contributed by atoms with Gasteiger partial charge >= 0.3 is 0 Å². The molecule has 0 unspecified atom stereocenters. The van der Waals surface area contributed by atoms with E-state index in [0.29, 0.717) is 6.42 Å². The molecule has 1 fully saturated rings. The number of carbonyl (C=O) groups is 1. The Morgan fingerprint density at radius 1 is 1.47 bits per heavy atom. The summed E-state index contributed by atoms with van der Waals surface area (Å²) in [4.78, 5) is 11.9. The maximum atomic E-state index is 11.9. The van der Waals surface area contributed by atoms with Gasteiger partial charge in [0, 0.05) is 11.8 Å². The summed E-state index contributed by atoms with van der Waals surface area (Å²) in [6, 6.07) is 0. The minimum absolute atomic E-state index is 0.0950. The molecule has 1 aliphatic rings. The van der Waals surface area contributed by atoms with E-state index in [1.807, 2.05) is 20.8 Å². The molecule has 88 valence electrons. The van der Waals surface area contributed by atoms with Crippen LogP contribution >= 0.6 is 11.6 Å². The van der Waals surface area contributed by atoms with Crippen LogP contribution in [0.25, 0.3) is 0 Å². The number of aliphatic hydroxyl groups is 1. The molecule has 1 rings (SSSR count). The first kappa shape index (κ1) is 13.0. The van der Waals surface area contributed by atoms with Crippen molar-refractivity contribution in [2.75, 3.05) is 0 Å². The maximum absolute atomic E-state index is 11.9. The third-order valence-electron chi connectivity index (χ3n) is 3.20. The molecule has 0 aromatic carbocycles. The summed E-state index contributed by atoms with van der Waals surface area (Å²) in [6.07, 6.45) is 3.69. The second-order valence-corrected chi connectivity index (χ2v) is 6.19. The zero-order chi connectivity index (χ0) is 11.7. The van der Waals surface area contributed by atoms with Gasteiger partial charge in [0.2, 0.25) is 0 Å². The van der Waals surface area contributed by atoms with Gasteiger partial charge in [-0.2, -0.15) is 0 Å². The van der Waals surface area contributed by atoms with Gasteiger partial charge in [-0.3, -0.25) is 4.79 Å². The zero-order valence-electron chi connectivity index (χ0n) is 9.85. The molecule has 1 N–H and O–H groups in total. The van der Waals surface area contributed by atoms with E-state index in [0.717, 1.165) is 19.3 Å². The van der Waals surface area contributed by atoms with Crippen molar-refractivity contribution in [2.45, 2.75) is 63.9 Å². The summed E-state index contributed by atoms with van der Waals surface area (Å²) in [7, 11) is 0. The molecule has 15 heavy (non-hydrogen) atoms. The number of halogens is 1. The normalized spacial score (nSPS) is 32.7. The minimum Gasteiger partial charge on any atom is -0.388 e. The summed E-state index contributed by atoms with van der Waals surface area (Å²) in [5.41, 5.74) is -1.35. The van der Waals surface area contributed by atoms with Gasteiger partial charge in [-0.25, -0.2) is 0 Å². The van der Waals surface area contributed by atoms with Crippen LogP contribution in [0.15, 0.2) is 0 Å². The number of carbonyl (C=O) groups excluding carboxylic acids is 1. The molecular weight excluding hydrogens is 212 g/mol. The van der Waals surface area contributed by atoms with E-state index < -0.39 is 5.60 Å². The van der Waals surface area contributed by atoms with Crippen molar-refractivity contribution in [1.82, 2.24) is 0 Å². The number of ketones is 1. The Morgan fingerprint density at radius 3 is 2.53 bits per heavy atom. The topological polar surface area (TPSA) is 37.3 Å². The largest absolute Gasteiger partial charge is 0.388 e. The molecule has 0 radical (unpaired) electrons. The van der Waals surface area contributed by atoms with Crippen LogP contribution in [0.1, 0.15) is 52.9 Å². The summed E-state index contributed by atoms with van der Waals surface area (Å²) in [6.45, 7) is 5.64. The van der Waals surface area contributed by atoms with E-state index in [-0.39, 0.29) is 23.0 Å². The van der Waals surface area contributed by atoms with Gasteiger partial charge in [-0.1, -0.05) is 33.6 Å². The standard InChI is InChI=1S/C12H21ClO2/c1-11(2,3)10(14)8-12(15)7-5-4-6-9(12)13/h9,15H,4-8H2,1-3H3/t9-,12+/m1/s1. The van der Waals surface area contributed by atoms with Crippen molar-refractivity contribution in [2.24, 2.45) is 5.41 Å². The van der Waals surface area contributed by atoms with E-state index in [2.05, 4.69) is 0 Å². The lowest BCUT2D eigenvalue weighted by molar-refractivity contribution is -0.132. The van der Waals surface area contributed by atoms with Gasteiger partial charge in [0.1, 0.15) is 5.78 Å². The molecule has 0 bridgehead atoms. The molecule has 0 aromatic heterocycles. The Bertz CT molecular complexity index is 244. The monoisotopic (exact) mass is 232 g/mol. The average molecular weight is 233 g/mol. The number of rotatable bonds is 2. The van der Waals surface area contributed by atoms with Crippen LogP contribution in [-0.2, 0) is 4.79 Å². The lowest BCUT2D eigenvalue weighted by Gasteiger charge is -2.37. The van der Waals surface area contributed by atoms with Crippen molar-refractivity contribution in [3.05, 3.63) is 0 Å². The fraction of sp³-hybridized carbons (Fsp3) is 0.917. The fourth-order valence-electron chi connectivity index (χ4n) is 1.92. The molecule has 0 aromatic rings. The van der Waals surface area contributed by atoms with Gasteiger partial charge in [-0.05, 0) is 12.8 Å². The quantitative estimate of drug-likeness (QED) is 0.744. The van der Waals surface area contributed by atoms with Crippen molar-refractivity contribution in [1.29, 1.82) is 0 Å². The summed E-state index contributed by atoms with van der Waals surface area (Å²) in [5, 5.41) is 10.1. The van der Waals surface area contributed by atoms with Crippen LogP contribution in [0.4, 0.5) is 0 Å². The second-order valence-electron chi connectivity index (χ2n) is 5.67. The first-order chi connectivity index (χ1) is 6.76. The Morgan fingerprint density at radius 2 is 2.07 bits per heavy atom. The predicted molar refractivity (Wildman–Crippen MR) is 62.1 cm³/mol. The maximum Gasteiger partial charge on any atom is 0.141 e. The van der Waals surface area contributed by atoms with Crippen molar-refractivity contribution in [3.63, 3.8) is 0 Å². The molecular formula is C12H21ClO2. The van der Waals surface area contributed by atoms with Crippen molar-refractivity contribution in [3.8, 4) is 0 Å². The second kappa shape index (κ2) is 4.42. The fourth-order valence-corrected chi connectivity index (χ4v) is 2.26. The number of alkyl halides is 1. The van der Waals surface area contributed by atoms with Crippen LogP contribution in [0, 0.1) is 5.41 Å². The highest BCUT2D eigenvalue weighted by Gasteiger charge is 2.41. The van der Waals surface area contributed by atoms with Gasteiger partial charge in [0.05, 0.1) is 11.0 Å². The minimum atomic E-state index is -0.968. The van der Waals surface area contributed by atoms with Crippen molar-refractivity contribution < 1.29 is 9.90 Å². The highest BCUT2D eigenvalue weighted by Crippen LogP contribution is 2.37. The number of hydrogen-bond acceptors (Lipinski definition) is 2. The van der Waals surface area contributed by atoms with Crippen molar-refractivity contribution >= 4 is 17.4 Å². The van der Waals surface area contributed by atoms with Crippen LogP contribution < -0.4 is 0 Å². The van der Waals surface area contributed by atoms with Gasteiger partial charge in [0.25, 0.3) is 0 Å². The van der Waals surface area contributed by atoms with Gasteiger partial charge < -0.3 is 5.11 Å². The van der Waals surface area contributed by atoms with E-state index >= 15 is 0 Å². The zero-order valence-corrected chi connectivity index (χ0v) is 10.6. The van der Waals surface area contributed by atoms with Crippen LogP contribution in [0.3, 0.4) is 0 Å². The Hall–Kier alpha value is -0.0800. The number of Topliss-reactive ketones (excluding diaryl/α,β-unsaturated/α-hetero) is 1.